The number of methoxy groups -OCH3 is 5. The Morgan fingerprint density at radius 3 is 0.913 bits per heavy atom. The van der Waals surface area contributed by atoms with Gasteiger partial charge in [0.2, 0.25) is 11.5 Å². The number of nitrogens with zero attached hydrogens (tertiary/aromatic N) is 6. The minimum absolute atomic E-state index is 0. The summed E-state index contributed by atoms with van der Waals surface area (Å²) in [4.78, 5) is 98.8. The minimum Gasteiger partial charge on any atom is -0.870 e. The Labute approximate surface area is 779 Å². The number of unbranched alkanes of at least 4 members (excludes halogenated alkanes) is 4. The molecule has 5 aromatic rings. The van der Waals surface area contributed by atoms with Crippen LogP contribution in [0.15, 0.2) is 72.1 Å². The van der Waals surface area contributed by atoms with Gasteiger partial charge in [-0.05, 0) is 166 Å². The zero-order valence-corrected chi connectivity index (χ0v) is 81.5. The number of hydrogen-bond donors (Lipinski definition) is 6. The number of nitro groups is 2. The van der Waals surface area contributed by atoms with Gasteiger partial charge < -0.3 is 119 Å². The number of nitrogens with two attached hydrogens (primary N) is 1. The first-order chi connectivity index (χ1) is 57.9. The zero-order valence-electron chi connectivity index (χ0n) is 78.1. The summed E-state index contributed by atoms with van der Waals surface area (Å²) in [5, 5.41) is 89.6. The number of phenolic OH excluding ortho intramolecular Hbond substituents is 4. The standard InChI is InChI=1S/C16H36N.C14H19ClO4.C14H19NO6.C14H21NO4.C8H7NO6.C8H8O4.C4H9NO2.C2H3N.CH3F.CH4O.ClH.Cu.NO3.Na.2H2O/c1-5-9-13-17(14-10-6-2,15-11-7-3)16-12-8-4;1-8(2)18-11-6-10(14(16)17-5)7-12(13(11)15)19-9(3)4;1-8(2)20-11-6-10(14(16)19-5)7-12(21-9(3)4)13(11)15(17)18;1-8(2)18-11-6-10(14(16)17-5)7-12(13(11)15)19-9(3)4;1-15-8(12)4-2-5(10)7(9(13)14)6(11)3-4;1-12-8(11)5-2-6(9)4-7(10)3-5;1-4(2,3)7-5-6;1-2-3;2*1-2;;;2-1(3)4;;;/h5-16H2,1-4H3;6-9H,1-5H3;6-9H,1-5H3;6-9H,15H2,1-5H3;2-3,10-11H,1H3;2-4,9-10H,1H3;1-3H3;1H3;1H3;2H,1H3;1H;;;;2*1H2/q+1;;;;;;;;;;;+1;-1;+1;;/p-2/i;;;;;;;;1D;;;;;;;. The topological polar surface area (TPSA) is 590 Å². The van der Waals surface area contributed by atoms with Crippen molar-refractivity contribution in [3.05, 3.63) is 140 Å². The van der Waals surface area contributed by atoms with Crippen molar-refractivity contribution >= 4 is 68.6 Å². The molecule has 0 amide bonds. The maximum atomic E-state index is 11.7. The average molecular weight is 1910 g/mol. The van der Waals surface area contributed by atoms with Gasteiger partial charge in [-0.2, -0.15) is 5.26 Å². The molecule has 126 heavy (non-hydrogen) atoms. The molecule has 0 saturated carbocycles. The number of nitro benzene ring substituents is 2. The minimum atomic E-state index is -1.75. The third-order valence-corrected chi connectivity index (χ3v) is 14.4. The number of rotatable bonds is 32. The molecule has 0 spiro atoms. The second-order valence-electron chi connectivity index (χ2n) is 27.4. The number of esters is 5. The van der Waals surface area contributed by atoms with Crippen molar-refractivity contribution in [1.29, 1.82) is 5.26 Å². The fraction of sp³-hybridized carbons (Fsp3) is 0.561. The van der Waals surface area contributed by atoms with Crippen LogP contribution in [-0.4, -0.2) is 204 Å². The summed E-state index contributed by atoms with van der Waals surface area (Å²) in [5.41, 5.74) is 5.58. The van der Waals surface area contributed by atoms with Gasteiger partial charge in [0.25, 0.3) is 0 Å². The van der Waals surface area contributed by atoms with Gasteiger partial charge in [-0.1, -0.05) is 65.0 Å². The van der Waals surface area contributed by atoms with Crippen LogP contribution < -0.4 is 63.7 Å². The van der Waals surface area contributed by atoms with E-state index >= 15 is 0 Å². The summed E-state index contributed by atoms with van der Waals surface area (Å²) in [5.74, 6) is -3.23. The van der Waals surface area contributed by atoms with Gasteiger partial charge in [0, 0.05) is 44.4 Å². The number of aliphatic hydroxyl groups is 1. The van der Waals surface area contributed by atoms with E-state index in [0.29, 0.717) is 44.8 Å². The number of phenols is 4. The predicted octanol–water partition coefficient (Wildman–Crippen LogP) is 14.6. The van der Waals surface area contributed by atoms with E-state index in [9.17, 15) is 63.7 Å². The van der Waals surface area contributed by atoms with Crippen LogP contribution in [0.25, 0.3) is 0 Å². The molecule has 39 nitrogen and oxygen atoms in total. The van der Waals surface area contributed by atoms with Crippen molar-refractivity contribution in [3.63, 3.8) is 0 Å². The molecule has 44 heteroatoms. The van der Waals surface area contributed by atoms with E-state index < -0.39 is 74.7 Å². The van der Waals surface area contributed by atoms with Gasteiger partial charge in [0.15, 0.2) is 16.8 Å². The molecule has 5 aromatic carbocycles. The number of anilines is 1. The zero-order chi connectivity index (χ0) is 97.9. The van der Waals surface area contributed by atoms with Gasteiger partial charge in [-0.3, -0.25) is 24.6 Å². The molecule has 5 rings (SSSR count). The summed E-state index contributed by atoms with van der Waals surface area (Å²) in [6.07, 6.45) is 10.3. The van der Waals surface area contributed by atoms with Crippen LogP contribution in [0.1, 0.15) is 243 Å². The normalized spacial score (nSPS) is 9.77. The Kier molecular flexibility index (Phi) is 83.5. The van der Waals surface area contributed by atoms with E-state index in [4.69, 9.17) is 92.5 Å². The van der Waals surface area contributed by atoms with Crippen LogP contribution in [-0.2, 0) is 43.6 Å². The first kappa shape index (κ1) is 134. The summed E-state index contributed by atoms with van der Waals surface area (Å²) >= 11 is 9.87. The van der Waals surface area contributed by atoms with Gasteiger partial charge in [-0.25, -0.2) is 24.0 Å². The van der Waals surface area contributed by atoms with Crippen molar-refractivity contribution in [2.75, 3.05) is 81.7 Å². The Balaban J connectivity index is -0.000000154. The summed E-state index contributed by atoms with van der Waals surface area (Å²) in [6, 6.07) is 15.8. The molecule has 0 aliphatic carbocycles. The Bertz CT molecular complexity index is 3700. The molecule has 10 N–H and O–H groups in total. The molecule has 0 aliphatic rings. The van der Waals surface area contributed by atoms with Crippen molar-refractivity contribution in [1.82, 2.24) is 0 Å². The first-order valence-corrected chi connectivity index (χ1v) is 39.7. The smallest absolute Gasteiger partial charge is 0.870 e. The number of quaternary nitrogens is 1. The van der Waals surface area contributed by atoms with E-state index in [1.165, 1.54) is 142 Å². The second-order valence-corrected chi connectivity index (χ2v) is 27.8. The number of aromatic hydroxyl groups is 4. The van der Waals surface area contributed by atoms with E-state index in [0.717, 1.165) is 32.4 Å². The van der Waals surface area contributed by atoms with Gasteiger partial charge in [0.05, 0.1) is 156 Å². The van der Waals surface area contributed by atoms with E-state index in [2.05, 4.69) is 77.3 Å². The molecule has 0 aromatic heterocycles. The molecule has 0 saturated heterocycles. The Morgan fingerprint density at radius 2 is 0.714 bits per heavy atom. The van der Waals surface area contributed by atoms with Gasteiger partial charge in [-0.15, -0.1) is 4.91 Å². The quantitative estimate of drug-likeness (QED) is 0.00340. The van der Waals surface area contributed by atoms with Crippen molar-refractivity contribution in [3.8, 4) is 63.6 Å². The van der Waals surface area contributed by atoms with Gasteiger partial charge in [0.1, 0.15) is 50.8 Å². The number of carbonyl (C=O) groups is 5. The fourth-order valence-corrected chi connectivity index (χ4v) is 9.53. The Hall–Kier alpha value is -9.99. The fourth-order valence-electron chi connectivity index (χ4n) is 9.33. The second kappa shape index (κ2) is 78.5. The Morgan fingerprint density at radius 1 is 0.508 bits per heavy atom. The maximum absolute atomic E-state index is 11.7. The monoisotopic (exact) mass is 1900 g/mol. The third kappa shape index (κ3) is 63.0. The first-order valence-electron chi connectivity index (χ1n) is 38.8. The molecule has 0 fully saturated rings. The molecule has 0 radical (unpaired) electrons. The number of halogens is 3. The molecule has 0 atom stereocenters. The number of alkyl halides is 1. The molecule has 0 heterocycles. The third-order valence-electron chi connectivity index (χ3n) is 14.0. The van der Waals surface area contributed by atoms with Crippen LogP contribution in [0.2, 0.25) is 5.02 Å². The van der Waals surface area contributed by atoms with Crippen molar-refractivity contribution in [2.24, 2.45) is 5.34 Å². The molecule has 0 unspecified atom stereocenters. The predicted molar refractivity (Wildman–Crippen MR) is 467 cm³/mol. The number of hydrogen-bond acceptors (Lipinski definition) is 34. The van der Waals surface area contributed by atoms with Crippen LogP contribution >= 0.6 is 21.7 Å². The average Bonchev–Trinajstić information content (AvgIpc) is 0.653. The van der Waals surface area contributed by atoms with Gasteiger partial charge >= 0.3 is 96.0 Å². The molecule has 0 bridgehead atoms. The van der Waals surface area contributed by atoms with Crippen molar-refractivity contribution in [2.45, 2.75) is 232 Å². The van der Waals surface area contributed by atoms with Crippen LogP contribution in [0.5, 0.6) is 57.5 Å². The van der Waals surface area contributed by atoms with Crippen LogP contribution in [0, 0.1) is 51.8 Å². The van der Waals surface area contributed by atoms with Crippen molar-refractivity contribution < 1.29 is 187 Å². The molecule has 0 aliphatic heterocycles. The maximum Gasteiger partial charge on any atom is 1.00 e. The molecule has 720 valence electrons. The summed E-state index contributed by atoms with van der Waals surface area (Å²) in [6.45, 7) is 43.7. The molecular weight excluding hydrogens is 1770 g/mol. The number of nitrogen functional groups attached to an aromatic ring is 1. The number of nitriles is 1. The van der Waals surface area contributed by atoms with E-state index in [1.807, 2.05) is 55.4 Å². The largest absolute Gasteiger partial charge is 1.00 e. The molecular formula is C82H132Cl2CuFN7NaO32. The van der Waals surface area contributed by atoms with E-state index in [-0.39, 0.29) is 123 Å². The van der Waals surface area contributed by atoms with Crippen LogP contribution in [0.4, 0.5) is 21.5 Å². The summed E-state index contributed by atoms with van der Waals surface area (Å²) < 4.78 is 72.9. The SMILES string of the molecule is CC#N.CC(C)(C)ON=O.CCCC[N+](CCCC)(CCCC)CCCC.CO.COC(=O)c1cc(O)c([N+](=O)[O-])c(O)c1.COC(=O)c1cc(O)cc(O)c1.COC(=O)c1cc(OC(C)C)c(Cl)c(OC(C)C)c1.COC(=O)c1cc(OC(C)C)c(N)c(OC(C)C)c1.COC(=O)c1cc(OC(C)C)c([N+](=O)[O-])c(OC(C)C)c1.O.O=[N+]([O-])[O-].[2H]CF.[Cl][Cu].[Na+].[OH-]. The van der Waals surface area contributed by atoms with E-state index in [1.54, 1.807) is 78.8 Å². The number of benzene rings is 5. The number of ether oxygens (including phenoxy) is 11. The van der Waals surface area contributed by atoms with Crippen LogP contribution in [0.3, 0.4) is 0 Å². The number of carbonyl (C=O) groups excluding carboxylic acids is 5. The summed E-state index contributed by atoms with van der Waals surface area (Å²) in [7, 11) is 10.4. The number of aliphatic hydroxyl groups excluding tert-OH is 1.